The second kappa shape index (κ2) is 3.43. The van der Waals surface area contributed by atoms with E-state index in [0.717, 1.165) is 12.1 Å². The van der Waals surface area contributed by atoms with Crippen LogP contribution in [-0.2, 0) is 8.27 Å². The summed E-state index contributed by atoms with van der Waals surface area (Å²) in [5.74, 6) is 0. The Balaban J connectivity index is 3.16. The lowest BCUT2D eigenvalue weighted by Crippen LogP contribution is -1.91. The van der Waals surface area contributed by atoms with E-state index in [1.807, 2.05) is 0 Å². The molecule has 0 aromatic heterocycles. The van der Waals surface area contributed by atoms with Crippen molar-refractivity contribution in [2.75, 3.05) is 0 Å². The molecule has 70 valence electrons. The fourth-order valence-corrected chi connectivity index (χ4v) is 1.84. The van der Waals surface area contributed by atoms with Crippen LogP contribution in [0.4, 0.5) is 5.69 Å². The Kier molecular flexibility index (Phi) is 2.67. The van der Waals surface area contributed by atoms with Gasteiger partial charge in [0.2, 0.25) is 8.27 Å². The van der Waals surface area contributed by atoms with Gasteiger partial charge >= 0.3 is 0 Å². The van der Waals surface area contributed by atoms with Crippen molar-refractivity contribution in [1.29, 1.82) is 0 Å². The summed E-state index contributed by atoms with van der Waals surface area (Å²) in [6.45, 7) is 0. The summed E-state index contributed by atoms with van der Waals surface area (Å²) in [5, 5.41) is 10.2. The maximum absolute atomic E-state index is 10.9. The average molecular weight is 266 g/mol. The molecule has 0 heterocycles. The number of nitro benzene ring substituents is 1. The van der Waals surface area contributed by atoms with Crippen LogP contribution in [0.15, 0.2) is 29.2 Å². The first-order valence-corrected chi connectivity index (χ1v) is 6.43. The molecule has 0 amide bonds. The van der Waals surface area contributed by atoms with E-state index >= 15 is 0 Å². The molecule has 7 heteroatoms. The van der Waals surface area contributed by atoms with Crippen molar-refractivity contribution in [1.82, 2.24) is 0 Å². The monoisotopic (exact) mass is 265 g/mol. The Bertz CT molecular complexity index is 424. The number of hydrogen-bond acceptors (Lipinski definition) is 4. The average Bonchev–Trinajstić information content (AvgIpc) is 2.03. The van der Waals surface area contributed by atoms with Gasteiger partial charge < -0.3 is 0 Å². The van der Waals surface area contributed by atoms with Crippen LogP contribution in [0.5, 0.6) is 0 Å². The Morgan fingerprint density at radius 3 is 2.00 bits per heavy atom. The second-order valence-electron chi connectivity index (χ2n) is 2.19. The van der Waals surface area contributed by atoms with Gasteiger partial charge in [-0.25, -0.2) is 8.42 Å². The Morgan fingerprint density at radius 1 is 1.23 bits per heavy atom. The van der Waals surface area contributed by atoms with Crippen LogP contribution in [0.2, 0.25) is 0 Å². The van der Waals surface area contributed by atoms with Gasteiger partial charge in [-0.1, -0.05) is 0 Å². The fraction of sp³-hybridized carbons (Fsp3) is 0. The van der Waals surface area contributed by atoms with Gasteiger partial charge in [0.15, 0.2) is 0 Å². The van der Waals surface area contributed by atoms with Crippen LogP contribution >= 0.6 is 14.8 Å². The first-order chi connectivity index (χ1) is 5.91. The zero-order chi connectivity index (χ0) is 10.1. The van der Waals surface area contributed by atoms with E-state index in [1.165, 1.54) is 12.1 Å². The molecule has 0 atom stereocenters. The highest BCUT2D eigenvalue weighted by Crippen LogP contribution is 2.19. The number of nitro groups is 1. The molecule has 0 fully saturated rings. The van der Waals surface area contributed by atoms with Crippen molar-refractivity contribution in [3.63, 3.8) is 0 Å². The summed E-state index contributed by atoms with van der Waals surface area (Å²) < 4.78 is 21.7. The second-order valence-corrected chi connectivity index (χ2v) is 6.09. The normalized spacial score (nSPS) is 11.2. The lowest BCUT2D eigenvalue weighted by molar-refractivity contribution is -0.384. The van der Waals surface area contributed by atoms with Gasteiger partial charge in [-0.05, 0) is 12.1 Å². The summed E-state index contributed by atoms with van der Waals surface area (Å²) in [4.78, 5) is 9.61. The minimum absolute atomic E-state index is 0.00176. The SMILES string of the molecule is O=[N+]([O-])c1ccc(S(=O)(=O)Br)cc1. The predicted molar refractivity (Wildman–Crippen MR) is 49.2 cm³/mol. The Hall–Kier alpha value is -0.950. The van der Waals surface area contributed by atoms with Crippen molar-refractivity contribution < 1.29 is 13.3 Å². The minimum atomic E-state index is -3.46. The Morgan fingerprint density at radius 2 is 1.69 bits per heavy atom. The lowest BCUT2D eigenvalue weighted by atomic mass is 10.3. The molecule has 0 aliphatic rings. The van der Waals surface area contributed by atoms with Gasteiger partial charge in [0.05, 0.1) is 24.6 Å². The molecule has 0 aliphatic heterocycles. The molecule has 1 aromatic carbocycles. The van der Waals surface area contributed by atoms with Crippen LogP contribution in [0.25, 0.3) is 0 Å². The zero-order valence-corrected chi connectivity index (χ0v) is 8.58. The summed E-state index contributed by atoms with van der Waals surface area (Å²) in [7, 11) is -3.46. The molecule has 0 aliphatic carbocycles. The number of non-ortho nitro benzene ring substituents is 1. The molecule has 0 saturated carbocycles. The summed E-state index contributed by atoms with van der Waals surface area (Å²) in [6.07, 6.45) is 0. The lowest BCUT2D eigenvalue weighted by Gasteiger charge is -1.94. The van der Waals surface area contributed by atoms with Gasteiger partial charge in [-0.15, -0.1) is 0 Å². The molecule has 1 rings (SSSR count). The van der Waals surface area contributed by atoms with Gasteiger partial charge in [0, 0.05) is 12.1 Å². The minimum Gasteiger partial charge on any atom is -0.258 e. The maximum atomic E-state index is 10.9. The van der Waals surface area contributed by atoms with E-state index in [9.17, 15) is 18.5 Å². The molecule has 13 heavy (non-hydrogen) atoms. The molecule has 5 nitrogen and oxygen atoms in total. The highest BCUT2D eigenvalue weighted by molar-refractivity contribution is 9.47. The number of rotatable bonds is 2. The van der Waals surface area contributed by atoms with E-state index in [4.69, 9.17) is 0 Å². The fourth-order valence-electron chi connectivity index (χ4n) is 0.730. The van der Waals surface area contributed by atoms with Crippen molar-refractivity contribution in [3.05, 3.63) is 34.4 Å². The summed E-state index contributed by atoms with van der Waals surface area (Å²) in [5.41, 5.74) is -0.139. The zero-order valence-electron chi connectivity index (χ0n) is 6.18. The van der Waals surface area contributed by atoms with Crippen LogP contribution in [0.3, 0.4) is 0 Å². The molecular weight excluding hydrogens is 262 g/mol. The highest BCUT2D eigenvalue weighted by atomic mass is 79.9. The van der Waals surface area contributed by atoms with Crippen molar-refractivity contribution >= 4 is 28.8 Å². The van der Waals surface area contributed by atoms with Crippen molar-refractivity contribution in [2.45, 2.75) is 4.90 Å². The van der Waals surface area contributed by atoms with Crippen LogP contribution in [0.1, 0.15) is 0 Å². The number of benzene rings is 1. The van der Waals surface area contributed by atoms with Gasteiger partial charge in [-0.2, -0.15) is 0 Å². The highest BCUT2D eigenvalue weighted by Gasteiger charge is 2.11. The summed E-state index contributed by atoms with van der Waals surface area (Å²) in [6, 6.07) is 4.60. The molecule has 0 saturated heterocycles. The number of halogens is 1. The maximum Gasteiger partial charge on any atom is 0.269 e. The number of hydrogen-bond donors (Lipinski definition) is 0. The van der Waals surface area contributed by atoms with E-state index in [0.29, 0.717) is 0 Å². The molecular formula is C6H4BrNO4S. The topological polar surface area (TPSA) is 77.3 Å². The van der Waals surface area contributed by atoms with E-state index in [2.05, 4.69) is 14.8 Å². The van der Waals surface area contributed by atoms with E-state index < -0.39 is 13.2 Å². The van der Waals surface area contributed by atoms with Gasteiger partial charge in [0.25, 0.3) is 5.69 Å². The molecule has 0 unspecified atom stereocenters. The Labute approximate surface area is 81.7 Å². The molecule has 0 N–H and O–H groups in total. The molecule has 0 radical (unpaired) electrons. The van der Waals surface area contributed by atoms with Gasteiger partial charge in [0.1, 0.15) is 0 Å². The quantitative estimate of drug-likeness (QED) is 0.463. The first-order valence-electron chi connectivity index (χ1n) is 3.10. The standard InChI is InChI=1S/C6H4BrNO4S/c7-13(11,12)6-3-1-5(2-4-6)8(9)10/h1-4H. The third-order valence-electron chi connectivity index (χ3n) is 1.33. The van der Waals surface area contributed by atoms with Crippen molar-refractivity contribution in [2.24, 2.45) is 0 Å². The van der Waals surface area contributed by atoms with E-state index in [1.54, 1.807) is 0 Å². The molecule has 0 spiro atoms. The van der Waals surface area contributed by atoms with Crippen LogP contribution < -0.4 is 0 Å². The third-order valence-corrected chi connectivity index (χ3v) is 3.29. The van der Waals surface area contributed by atoms with E-state index in [-0.39, 0.29) is 10.6 Å². The number of nitrogens with zero attached hydrogens (tertiary/aromatic N) is 1. The predicted octanol–water partition coefficient (Wildman–Crippen LogP) is 1.68. The smallest absolute Gasteiger partial charge is 0.258 e. The van der Waals surface area contributed by atoms with Crippen LogP contribution in [-0.4, -0.2) is 13.3 Å². The van der Waals surface area contributed by atoms with Crippen LogP contribution in [0, 0.1) is 10.1 Å². The third kappa shape index (κ3) is 2.49. The van der Waals surface area contributed by atoms with Gasteiger partial charge in [-0.3, -0.25) is 10.1 Å². The van der Waals surface area contributed by atoms with Crippen molar-refractivity contribution in [3.8, 4) is 0 Å². The largest absolute Gasteiger partial charge is 0.269 e. The molecule has 1 aromatic rings. The first kappa shape index (κ1) is 10.1. The molecule has 0 bridgehead atoms. The summed E-state index contributed by atoms with van der Waals surface area (Å²) >= 11 is 2.45.